The van der Waals surface area contributed by atoms with E-state index in [0.29, 0.717) is 22.1 Å². The number of ether oxygens (including phenoxy) is 1. The van der Waals surface area contributed by atoms with Crippen LogP contribution in [0.4, 0.5) is 0 Å². The van der Waals surface area contributed by atoms with Gasteiger partial charge in [0.1, 0.15) is 11.4 Å². The maximum Gasteiger partial charge on any atom is 0.272 e. The zero-order chi connectivity index (χ0) is 22.1. The predicted octanol–water partition coefficient (Wildman–Crippen LogP) is 5.35. The van der Waals surface area contributed by atoms with Gasteiger partial charge in [-0.15, -0.1) is 0 Å². The number of nitrogens with zero attached hydrogens (tertiary/aromatic N) is 4. The van der Waals surface area contributed by atoms with Gasteiger partial charge in [-0.3, -0.25) is 4.79 Å². The average Bonchev–Trinajstić information content (AvgIpc) is 3.28. The Kier molecular flexibility index (Phi) is 5.53. The molecule has 6 nitrogen and oxygen atoms in total. The molecule has 32 heavy (non-hydrogen) atoms. The van der Waals surface area contributed by atoms with Crippen molar-refractivity contribution < 1.29 is 9.53 Å². The van der Waals surface area contributed by atoms with Crippen molar-refractivity contribution in [2.75, 3.05) is 20.2 Å². The molecule has 1 aliphatic heterocycles. The Bertz CT molecular complexity index is 1280. The van der Waals surface area contributed by atoms with Gasteiger partial charge in [0.15, 0.2) is 5.65 Å². The lowest BCUT2D eigenvalue weighted by molar-refractivity contribution is 0.0718. The van der Waals surface area contributed by atoms with Crippen LogP contribution in [-0.4, -0.2) is 45.6 Å². The van der Waals surface area contributed by atoms with Crippen molar-refractivity contribution in [3.8, 4) is 28.3 Å². The van der Waals surface area contributed by atoms with E-state index in [1.54, 1.807) is 11.6 Å². The van der Waals surface area contributed by atoms with Crippen LogP contribution in [0.5, 0.6) is 5.75 Å². The first kappa shape index (κ1) is 20.5. The molecule has 3 heterocycles. The quantitative estimate of drug-likeness (QED) is 0.424. The summed E-state index contributed by atoms with van der Waals surface area (Å²) < 4.78 is 7.37. The van der Waals surface area contributed by atoms with Crippen LogP contribution in [-0.2, 0) is 0 Å². The lowest BCUT2D eigenvalue weighted by Crippen LogP contribution is -2.36. The van der Waals surface area contributed by atoms with Crippen LogP contribution in [0.3, 0.4) is 0 Å². The van der Waals surface area contributed by atoms with Crippen LogP contribution in [0.25, 0.3) is 28.2 Å². The van der Waals surface area contributed by atoms with Gasteiger partial charge in [-0.1, -0.05) is 35.9 Å². The Balaban J connectivity index is 1.69. The van der Waals surface area contributed by atoms with E-state index in [1.807, 2.05) is 65.6 Å². The number of rotatable bonds is 4. The number of carbonyl (C=O) groups is 1. The topological polar surface area (TPSA) is 59.7 Å². The molecule has 0 bridgehead atoms. The van der Waals surface area contributed by atoms with Crippen LogP contribution >= 0.6 is 11.6 Å². The number of halogens is 1. The molecule has 2 aromatic heterocycles. The smallest absolute Gasteiger partial charge is 0.272 e. The van der Waals surface area contributed by atoms with E-state index in [2.05, 4.69) is 0 Å². The summed E-state index contributed by atoms with van der Waals surface area (Å²) in [5.74, 6) is 0.664. The molecule has 1 saturated heterocycles. The molecule has 0 unspecified atom stereocenters. The summed E-state index contributed by atoms with van der Waals surface area (Å²) in [5, 5.41) is 5.47. The highest BCUT2D eigenvalue weighted by molar-refractivity contribution is 6.30. The van der Waals surface area contributed by atoms with Gasteiger partial charge in [0.2, 0.25) is 0 Å². The Morgan fingerprint density at radius 3 is 2.50 bits per heavy atom. The van der Waals surface area contributed by atoms with E-state index in [0.717, 1.165) is 54.9 Å². The third kappa shape index (κ3) is 3.82. The number of methoxy groups -OCH3 is 1. The highest BCUT2D eigenvalue weighted by atomic mass is 35.5. The molecule has 0 N–H and O–H groups in total. The largest absolute Gasteiger partial charge is 0.496 e. The number of piperidine rings is 1. The monoisotopic (exact) mass is 446 g/mol. The molecular formula is C25H23ClN4O2. The van der Waals surface area contributed by atoms with Gasteiger partial charge in [0.25, 0.3) is 5.91 Å². The summed E-state index contributed by atoms with van der Waals surface area (Å²) in [6, 6.07) is 19.0. The molecule has 1 fully saturated rings. The standard InChI is InChI=1S/C25H23ClN4O2/c1-32-23-8-4-3-7-19(23)22-15-21(25(31)29-13-5-2-6-14-29)27-24-16-20(28-30(22)24)17-9-11-18(26)12-10-17/h3-4,7-12,15-16H,2,5-6,13-14H2,1H3. The summed E-state index contributed by atoms with van der Waals surface area (Å²) in [5.41, 5.74) is 4.32. The number of aromatic nitrogens is 3. The van der Waals surface area contributed by atoms with Crippen LogP contribution in [0.15, 0.2) is 60.7 Å². The Morgan fingerprint density at radius 2 is 1.75 bits per heavy atom. The van der Waals surface area contributed by atoms with Gasteiger partial charge in [0, 0.05) is 35.3 Å². The van der Waals surface area contributed by atoms with Crippen LogP contribution in [0, 0.1) is 0 Å². The molecule has 1 aliphatic rings. The zero-order valence-electron chi connectivity index (χ0n) is 17.8. The van der Waals surface area contributed by atoms with Gasteiger partial charge in [-0.2, -0.15) is 5.10 Å². The highest BCUT2D eigenvalue weighted by Gasteiger charge is 2.23. The number of fused-ring (bicyclic) bond motifs is 1. The number of benzene rings is 2. The average molecular weight is 447 g/mol. The normalized spacial score (nSPS) is 14.0. The second-order valence-corrected chi connectivity index (χ2v) is 8.32. The molecule has 5 rings (SSSR count). The fraction of sp³-hybridized carbons (Fsp3) is 0.240. The molecular weight excluding hydrogens is 424 g/mol. The first-order chi connectivity index (χ1) is 15.6. The maximum atomic E-state index is 13.3. The molecule has 1 amide bonds. The van der Waals surface area contributed by atoms with Crippen molar-refractivity contribution in [3.63, 3.8) is 0 Å². The van der Waals surface area contributed by atoms with E-state index in [1.165, 1.54) is 0 Å². The third-order valence-corrected chi connectivity index (χ3v) is 6.06. The Hall–Kier alpha value is -3.38. The van der Waals surface area contributed by atoms with Crippen LogP contribution < -0.4 is 4.74 Å². The molecule has 2 aromatic carbocycles. The minimum absolute atomic E-state index is 0.0439. The molecule has 162 valence electrons. The fourth-order valence-corrected chi connectivity index (χ4v) is 4.28. The summed E-state index contributed by atoms with van der Waals surface area (Å²) in [6.07, 6.45) is 3.22. The summed E-state index contributed by atoms with van der Waals surface area (Å²) >= 11 is 6.05. The van der Waals surface area contributed by atoms with Crippen molar-refractivity contribution in [2.24, 2.45) is 0 Å². The molecule has 4 aromatic rings. The van der Waals surface area contributed by atoms with E-state index in [4.69, 9.17) is 26.4 Å². The molecule has 0 spiro atoms. The summed E-state index contributed by atoms with van der Waals surface area (Å²) in [7, 11) is 1.64. The van der Waals surface area contributed by atoms with Crippen LogP contribution in [0.2, 0.25) is 5.02 Å². The maximum absolute atomic E-state index is 13.3. The minimum atomic E-state index is -0.0439. The lowest BCUT2D eigenvalue weighted by atomic mass is 10.1. The second kappa shape index (κ2) is 8.63. The number of hydrogen-bond donors (Lipinski definition) is 0. The predicted molar refractivity (Wildman–Crippen MR) is 125 cm³/mol. The first-order valence-electron chi connectivity index (χ1n) is 10.7. The van der Waals surface area contributed by atoms with Gasteiger partial charge in [-0.05, 0) is 49.6 Å². The van der Waals surface area contributed by atoms with Gasteiger partial charge >= 0.3 is 0 Å². The minimum Gasteiger partial charge on any atom is -0.496 e. The van der Waals surface area contributed by atoms with E-state index in [-0.39, 0.29) is 5.91 Å². The second-order valence-electron chi connectivity index (χ2n) is 7.89. The van der Waals surface area contributed by atoms with E-state index < -0.39 is 0 Å². The molecule has 0 atom stereocenters. The van der Waals surface area contributed by atoms with Crippen molar-refractivity contribution in [3.05, 3.63) is 71.4 Å². The number of carbonyl (C=O) groups excluding carboxylic acids is 1. The van der Waals surface area contributed by atoms with Crippen molar-refractivity contribution >= 4 is 23.2 Å². The van der Waals surface area contributed by atoms with E-state index >= 15 is 0 Å². The molecule has 0 aliphatic carbocycles. The molecule has 0 radical (unpaired) electrons. The van der Waals surface area contributed by atoms with Gasteiger partial charge < -0.3 is 9.64 Å². The third-order valence-electron chi connectivity index (χ3n) is 5.81. The number of amides is 1. The lowest BCUT2D eigenvalue weighted by Gasteiger charge is -2.26. The van der Waals surface area contributed by atoms with Crippen LogP contribution in [0.1, 0.15) is 29.8 Å². The van der Waals surface area contributed by atoms with Gasteiger partial charge in [-0.25, -0.2) is 9.50 Å². The van der Waals surface area contributed by atoms with E-state index in [9.17, 15) is 4.79 Å². The molecule has 7 heteroatoms. The zero-order valence-corrected chi connectivity index (χ0v) is 18.5. The van der Waals surface area contributed by atoms with Gasteiger partial charge in [0.05, 0.1) is 18.5 Å². The van der Waals surface area contributed by atoms with Crippen molar-refractivity contribution in [2.45, 2.75) is 19.3 Å². The number of likely N-dealkylation sites (tertiary alicyclic amines) is 1. The number of hydrogen-bond acceptors (Lipinski definition) is 4. The Labute approximate surface area is 191 Å². The number of para-hydroxylation sites is 1. The SMILES string of the molecule is COc1ccccc1-c1cc(C(=O)N2CCCCC2)nc2cc(-c3ccc(Cl)cc3)nn12. The summed E-state index contributed by atoms with van der Waals surface area (Å²) in [4.78, 5) is 19.9. The first-order valence-corrected chi connectivity index (χ1v) is 11.1. The molecule has 0 saturated carbocycles. The summed E-state index contributed by atoms with van der Waals surface area (Å²) in [6.45, 7) is 1.54. The Morgan fingerprint density at radius 1 is 1.00 bits per heavy atom. The highest BCUT2D eigenvalue weighted by Crippen LogP contribution is 2.32. The van der Waals surface area contributed by atoms with Crippen molar-refractivity contribution in [1.82, 2.24) is 19.5 Å². The fourth-order valence-electron chi connectivity index (χ4n) is 4.15. The van der Waals surface area contributed by atoms with Crippen molar-refractivity contribution in [1.29, 1.82) is 0 Å².